The van der Waals surface area contributed by atoms with Crippen LogP contribution < -0.4 is 14.4 Å². The minimum absolute atomic E-state index is 0.632. The maximum absolute atomic E-state index is 5.73. The number of anilines is 1. The highest BCUT2D eigenvalue weighted by Crippen LogP contribution is 2.34. The fourth-order valence-corrected chi connectivity index (χ4v) is 4.48. The molecule has 0 saturated carbocycles. The summed E-state index contributed by atoms with van der Waals surface area (Å²) in [5, 5.41) is 0. The van der Waals surface area contributed by atoms with Gasteiger partial charge in [-0.3, -0.25) is 4.90 Å². The highest BCUT2D eigenvalue weighted by Gasteiger charge is 2.19. The minimum atomic E-state index is 0.632. The van der Waals surface area contributed by atoms with Crippen molar-refractivity contribution in [1.82, 2.24) is 14.5 Å². The molecule has 1 aromatic heterocycles. The van der Waals surface area contributed by atoms with Gasteiger partial charge in [0.15, 0.2) is 11.5 Å². The van der Waals surface area contributed by atoms with Crippen molar-refractivity contribution in [3.63, 3.8) is 0 Å². The Labute approximate surface area is 179 Å². The molecule has 0 bridgehead atoms. The smallest absolute Gasteiger partial charge is 0.163 e. The molecule has 29 heavy (non-hydrogen) atoms. The maximum atomic E-state index is 5.73. The Kier molecular flexibility index (Phi) is 5.33. The topological polar surface area (TPSA) is 42.8 Å². The molecule has 3 aromatic rings. The van der Waals surface area contributed by atoms with Crippen LogP contribution in [-0.4, -0.2) is 60.4 Å². The van der Waals surface area contributed by atoms with Gasteiger partial charge < -0.3 is 18.9 Å². The molecule has 3 heterocycles. The molecule has 152 valence electrons. The monoisotopic (exact) mass is 456 g/mol. The summed E-state index contributed by atoms with van der Waals surface area (Å²) in [6.45, 7) is 7.64. The van der Waals surface area contributed by atoms with E-state index in [1.165, 1.54) is 11.2 Å². The highest BCUT2D eigenvalue weighted by atomic mass is 79.9. The number of aryl methyl sites for hydroxylation is 1. The van der Waals surface area contributed by atoms with Gasteiger partial charge in [0, 0.05) is 49.0 Å². The zero-order valence-electron chi connectivity index (χ0n) is 16.4. The van der Waals surface area contributed by atoms with Crippen molar-refractivity contribution in [2.45, 2.75) is 13.0 Å². The predicted octanol–water partition coefficient (Wildman–Crippen LogP) is 3.78. The van der Waals surface area contributed by atoms with E-state index in [9.17, 15) is 0 Å². The SMILES string of the molecule is Brc1ccc2ncn(CCCN3CCN(c4ccc5c(c4)OCCO5)CC3)c2c1. The third-order valence-electron chi connectivity index (χ3n) is 5.72. The summed E-state index contributed by atoms with van der Waals surface area (Å²) in [5.74, 6) is 1.73. The number of piperazine rings is 1. The van der Waals surface area contributed by atoms with Crippen molar-refractivity contribution in [3.05, 3.63) is 47.2 Å². The normalized spacial score (nSPS) is 17.1. The number of hydrogen-bond acceptors (Lipinski definition) is 5. The Bertz CT molecular complexity index is 998. The number of benzene rings is 2. The molecular weight excluding hydrogens is 432 g/mol. The van der Waals surface area contributed by atoms with E-state index >= 15 is 0 Å². The number of halogens is 1. The van der Waals surface area contributed by atoms with Gasteiger partial charge in [-0.2, -0.15) is 0 Å². The summed E-state index contributed by atoms with van der Waals surface area (Å²) in [6, 6.07) is 12.5. The van der Waals surface area contributed by atoms with Gasteiger partial charge >= 0.3 is 0 Å². The van der Waals surface area contributed by atoms with Crippen LogP contribution in [0, 0.1) is 0 Å². The Morgan fingerprint density at radius 3 is 2.59 bits per heavy atom. The molecule has 0 radical (unpaired) electrons. The summed E-state index contributed by atoms with van der Waals surface area (Å²) in [5.41, 5.74) is 3.48. The zero-order valence-corrected chi connectivity index (χ0v) is 18.0. The van der Waals surface area contributed by atoms with Crippen molar-refractivity contribution >= 4 is 32.7 Å². The van der Waals surface area contributed by atoms with Crippen LogP contribution in [0.4, 0.5) is 5.69 Å². The van der Waals surface area contributed by atoms with Crippen LogP contribution in [0.25, 0.3) is 11.0 Å². The van der Waals surface area contributed by atoms with Crippen LogP contribution in [0.3, 0.4) is 0 Å². The second-order valence-corrected chi connectivity index (χ2v) is 8.50. The molecular formula is C22H25BrN4O2. The third-order valence-corrected chi connectivity index (χ3v) is 6.21. The first-order valence-corrected chi connectivity index (χ1v) is 11.0. The fraction of sp³-hybridized carbons (Fsp3) is 0.409. The molecule has 2 aromatic carbocycles. The molecule has 0 amide bonds. The summed E-state index contributed by atoms with van der Waals surface area (Å²) < 4.78 is 14.7. The molecule has 6 nitrogen and oxygen atoms in total. The number of imidazole rings is 1. The average molecular weight is 457 g/mol. The molecule has 0 aliphatic carbocycles. The molecule has 0 unspecified atom stereocenters. The lowest BCUT2D eigenvalue weighted by molar-refractivity contribution is 0.171. The summed E-state index contributed by atoms with van der Waals surface area (Å²) in [6.07, 6.45) is 3.08. The van der Waals surface area contributed by atoms with Crippen LogP contribution in [0.1, 0.15) is 6.42 Å². The van der Waals surface area contributed by atoms with Gasteiger partial charge in [-0.05, 0) is 43.3 Å². The van der Waals surface area contributed by atoms with Crippen LogP contribution in [-0.2, 0) is 6.54 Å². The number of fused-ring (bicyclic) bond motifs is 2. The van der Waals surface area contributed by atoms with E-state index in [1.807, 2.05) is 18.5 Å². The number of nitrogens with zero attached hydrogens (tertiary/aromatic N) is 4. The van der Waals surface area contributed by atoms with Gasteiger partial charge in [-0.1, -0.05) is 15.9 Å². The van der Waals surface area contributed by atoms with Gasteiger partial charge in [0.25, 0.3) is 0 Å². The van der Waals surface area contributed by atoms with Crippen LogP contribution >= 0.6 is 15.9 Å². The van der Waals surface area contributed by atoms with Gasteiger partial charge in [-0.15, -0.1) is 0 Å². The Hall–Kier alpha value is -2.25. The second kappa shape index (κ2) is 8.24. The van der Waals surface area contributed by atoms with E-state index in [-0.39, 0.29) is 0 Å². The first-order chi connectivity index (χ1) is 14.3. The Balaban J connectivity index is 1.13. The van der Waals surface area contributed by atoms with Crippen molar-refractivity contribution in [1.29, 1.82) is 0 Å². The van der Waals surface area contributed by atoms with Crippen molar-refractivity contribution < 1.29 is 9.47 Å². The summed E-state index contributed by atoms with van der Waals surface area (Å²) >= 11 is 3.56. The summed E-state index contributed by atoms with van der Waals surface area (Å²) in [7, 11) is 0. The third kappa shape index (κ3) is 4.07. The molecule has 0 N–H and O–H groups in total. The van der Waals surface area contributed by atoms with Gasteiger partial charge in [0.2, 0.25) is 0 Å². The largest absolute Gasteiger partial charge is 0.486 e. The lowest BCUT2D eigenvalue weighted by atomic mass is 10.2. The van der Waals surface area contributed by atoms with E-state index in [1.54, 1.807) is 0 Å². The molecule has 0 spiro atoms. The number of hydrogen-bond donors (Lipinski definition) is 0. The predicted molar refractivity (Wildman–Crippen MR) is 118 cm³/mol. The quantitative estimate of drug-likeness (QED) is 0.584. The lowest BCUT2D eigenvalue weighted by Crippen LogP contribution is -2.46. The second-order valence-electron chi connectivity index (χ2n) is 7.58. The lowest BCUT2D eigenvalue weighted by Gasteiger charge is -2.36. The Morgan fingerprint density at radius 2 is 1.72 bits per heavy atom. The van der Waals surface area contributed by atoms with Gasteiger partial charge in [-0.25, -0.2) is 4.98 Å². The number of ether oxygens (including phenoxy) is 2. The van der Waals surface area contributed by atoms with E-state index in [0.717, 1.165) is 67.2 Å². The number of rotatable bonds is 5. The standard InChI is InChI=1S/C22H25BrN4O2/c23-17-2-4-19-20(14-17)27(16-24-19)7-1-6-25-8-10-26(11-9-25)18-3-5-21-22(15-18)29-13-12-28-21/h2-5,14-16H,1,6-13H2. The van der Waals surface area contributed by atoms with Crippen molar-refractivity contribution in [2.75, 3.05) is 50.8 Å². The molecule has 0 atom stereocenters. The highest BCUT2D eigenvalue weighted by molar-refractivity contribution is 9.10. The molecule has 7 heteroatoms. The zero-order chi connectivity index (χ0) is 19.6. The van der Waals surface area contributed by atoms with Gasteiger partial charge in [0.05, 0.1) is 17.4 Å². The van der Waals surface area contributed by atoms with E-state index in [0.29, 0.717) is 13.2 Å². The van der Waals surface area contributed by atoms with Crippen LogP contribution in [0.5, 0.6) is 11.5 Å². The maximum Gasteiger partial charge on any atom is 0.163 e. The summed E-state index contributed by atoms with van der Waals surface area (Å²) in [4.78, 5) is 9.50. The first kappa shape index (κ1) is 18.8. The minimum Gasteiger partial charge on any atom is -0.486 e. The molecule has 1 saturated heterocycles. The van der Waals surface area contributed by atoms with E-state index in [4.69, 9.17) is 9.47 Å². The number of aromatic nitrogens is 2. The van der Waals surface area contributed by atoms with Crippen LogP contribution in [0.2, 0.25) is 0 Å². The van der Waals surface area contributed by atoms with E-state index in [2.05, 4.69) is 59.5 Å². The molecule has 2 aliphatic heterocycles. The van der Waals surface area contributed by atoms with Crippen molar-refractivity contribution in [3.8, 4) is 11.5 Å². The fourth-order valence-electron chi connectivity index (χ4n) is 4.13. The van der Waals surface area contributed by atoms with E-state index < -0.39 is 0 Å². The van der Waals surface area contributed by atoms with Crippen LogP contribution in [0.15, 0.2) is 47.2 Å². The molecule has 2 aliphatic rings. The van der Waals surface area contributed by atoms with Gasteiger partial charge in [0.1, 0.15) is 13.2 Å². The average Bonchev–Trinajstić information content (AvgIpc) is 3.16. The molecule has 5 rings (SSSR count). The molecule has 1 fully saturated rings. The van der Waals surface area contributed by atoms with Crippen molar-refractivity contribution in [2.24, 2.45) is 0 Å². The first-order valence-electron chi connectivity index (χ1n) is 10.2. The Morgan fingerprint density at radius 1 is 0.897 bits per heavy atom.